The highest BCUT2D eigenvalue weighted by atomic mass is 127. The Hall–Kier alpha value is -1.32. The van der Waals surface area contributed by atoms with Crippen LogP contribution in [0.25, 0.3) is 6.08 Å². The van der Waals surface area contributed by atoms with Crippen LogP contribution >= 0.6 is 46.6 Å². The van der Waals surface area contributed by atoms with Crippen LogP contribution in [0.1, 0.15) is 5.76 Å². The summed E-state index contributed by atoms with van der Waals surface area (Å²) in [6, 6.07) is 10.9. The number of rotatable bonds is 3. The minimum atomic E-state index is -0.147. The van der Waals surface area contributed by atoms with Crippen molar-refractivity contribution >= 4 is 68.6 Å². The monoisotopic (exact) mass is 443 g/mol. The van der Waals surface area contributed by atoms with Crippen LogP contribution < -0.4 is 9.64 Å². The van der Waals surface area contributed by atoms with Crippen molar-refractivity contribution in [1.82, 2.24) is 0 Å². The van der Waals surface area contributed by atoms with E-state index in [4.69, 9.17) is 21.4 Å². The van der Waals surface area contributed by atoms with Gasteiger partial charge < -0.3 is 9.15 Å². The van der Waals surface area contributed by atoms with Crippen molar-refractivity contribution in [2.45, 2.75) is 0 Å². The molecule has 1 fully saturated rings. The molecule has 22 heavy (non-hydrogen) atoms. The molecule has 1 aromatic heterocycles. The van der Waals surface area contributed by atoms with Gasteiger partial charge in [0.2, 0.25) is 0 Å². The molecule has 0 atom stereocenters. The maximum Gasteiger partial charge on any atom is 0.270 e. The molecule has 1 aliphatic rings. The minimum absolute atomic E-state index is 0.147. The molecular weight excluding hydrogens is 433 g/mol. The number of amides is 1. The van der Waals surface area contributed by atoms with Crippen LogP contribution in [0.5, 0.6) is 5.75 Å². The van der Waals surface area contributed by atoms with Gasteiger partial charge in [0.25, 0.3) is 5.91 Å². The third kappa shape index (κ3) is 3.06. The lowest BCUT2D eigenvalue weighted by Gasteiger charge is -2.14. The number of carbonyl (C=O) groups is 1. The number of carbonyl (C=O) groups excluding carboxylic acids is 1. The summed E-state index contributed by atoms with van der Waals surface area (Å²) in [5, 5.41) is 0. The average molecular weight is 443 g/mol. The predicted octanol–water partition coefficient (Wildman–Crippen LogP) is 4.30. The standard InChI is InChI=1S/C15H10INO3S2/c1-19-10-4-2-9(3-5-10)17-14(18)12(22-15(17)21)8-11-6-7-13(16)20-11/h2-8H,1H3. The molecule has 0 radical (unpaired) electrons. The Morgan fingerprint density at radius 1 is 1.27 bits per heavy atom. The molecule has 2 aromatic rings. The number of furan rings is 1. The van der Waals surface area contributed by atoms with Gasteiger partial charge >= 0.3 is 0 Å². The van der Waals surface area contributed by atoms with E-state index in [0.717, 1.165) is 15.2 Å². The van der Waals surface area contributed by atoms with E-state index in [1.165, 1.54) is 16.7 Å². The van der Waals surface area contributed by atoms with Crippen molar-refractivity contribution in [2.75, 3.05) is 12.0 Å². The fourth-order valence-electron chi connectivity index (χ4n) is 1.96. The van der Waals surface area contributed by atoms with E-state index in [-0.39, 0.29) is 5.91 Å². The third-order valence-electron chi connectivity index (χ3n) is 2.99. The van der Waals surface area contributed by atoms with Crippen LogP contribution in [0, 0.1) is 3.77 Å². The number of hydrogen-bond acceptors (Lipinski definition) is 5. The first-order valence-corrected chi connectivity index (χ1v) is 8.56. The van der Waals surface area contributed by atoms with Crippen molar-refractivity contribution in [1.29, 1.82) is 0 Å². The quantitative estimate of drug-likeness (QED) is 0.402. The lowest BCUT2D eigenvalue weighted by Crippen LogP contribution is -2.27. The second-order valence-electron chi connectivity index (χ2n) is 4.36. The van der Waals surface area contributed by atoms with Gasteiger partial charge in [-0.05, 0) is 59.0 Å². The van der Waals surface area contributed by atoms with E-state index >= 15 is 0 Å². The normalized spacial score (nSPS) is 16.6. The van der Waals surface area contributed by atoms with Gasteiger partial charge in [-0.25, -0.2) is 0 Å². The lowest BCUT2D eigenvalue weighted by molar-refractivity contribution is -0.113. The molecule has 1 aromatic carbocycles. The molecular formula is C15H10INO3S2. The number of ether oxygens (including phenoxy) is 1. The Labute approximate surface area is 150 Å². The van der Waals surface area contributed by atoms with Crippen molar-refractivity contribution in [2.24, 2.45) is 0 Å². The summed E-state index contributed by atoms with van der Waals surface area (Å²) < 4.78 is 11.9. The zero-order valence-corrected chi connectivity index (χ0v) is 15.2. The second-order valence-corrected chi connectivity index (χ2v) is 7.10. The molecule has 0 aliphatic carbocycles. The molecule has 0 saturated carbocycles. The Balaban J connectivity index is 1.89. The summed E-state index contributed by atoms with van der Waals surface area (Å²) in [5.74, 6) is 1.22. The summed E-state index contributed by atoms with van der Waals surface area (Å²) in [4.78, 5) is 14.6. The average Bonchev–Trinajstić information content (AvgIpc) is 3.03. The third-order valence-corrected chi connectivity index (χ3v) is 4.87. The highest BCUT2D eigenvalue weighted by molar-refractivity contribution is 14.1. The predicted molar refractivity (Wildman–Crippen MR) is 100 cm³/mol. The van der Waals surface area contributed by atoms with Crippen LogP contribution in [-0.4, -0.2) is 17.3 Å². The molecule has 1 amide bonds. The number of halogens is 1. The van der Waals surface area contributed by atoms with Crippen LogP contribution in [0.4, 0.5) is 5.69 Å². The van der Waals surface area contributed by atoms with E-state index in [1.807, 2.05) is 24.3 Å². The first-order valence-electron chi connectivity index (χ1n) is 6.26. The highest BCUT2D eigenvalue weighted by Gasteiger charge is 2.33. The smallest absolute Gasteiger partial charge is 0.270 e. The molecule has 3 rings (SSSR count). The van der Waals surface area contributed by atoms with E-state index < -0.39 is 0 Å². The number of anilines is 1. The Bertz CT molecular complexity index is 767. The van der Waals surface area contributed by atoms with Gasteiger partial charge in [0.15, 0.2) is 8.09 Å². The largest absolute Gasteiger partial charge is 0.497 e. The number of benzene rings is 1. The fourth-order valence-corrected chi connectivity index (χ4v) is 3.67. The van der Waals surface area contributed by atoms with Gasteiger partial charge in [-0.15, -0.1) is 0 Å². The molecule has 0 N–H and O–H groups in total. The van der Waals surface area contributed by atoms with Crippen molar-refractivity contribution < 1.29 is 13.9 Å². The highest BCUT2D eigenvalue weighted by Crippen LogP contribution is 2.36. The van der Waals surface area contributed by atoms with Crippen molar-refractivity contribution in [3.63, 3.8) is 0 Å². The maximum atomic E-state index is 12.6. The number of thioether (sulfide) groups is 1. The van der Waals surface area contributed by atoms with E-state index in [0.29, 0.717) is 15.0 Å². The van der Waals surface area contributed by atoms with E-state index in [9.17, 15) is 4.79 Å². The van der Waals surface area contributed by atoms with Gasteiger partial charge in [0, 0.05) is 6.08 Å². The van der Waals surface area contributed by atoms with Gasteiger partial charge in [0.05, 0.1) is 17.7 Å². The van der Waals surface area contributed by atoms with E-state index in [1.54, 1.807) is 25.3 Å². The molecule has 0 unspecified atom stereocenters. The summed E-state index contributed by atoms with van der Waals surface area (Å²) in [7, 11) is 1.60. The van der Waals surface area contributed by atoms with E-state index in [2.05, 4.69) is 22.6 Å². The van der Waals surface area contributed by atoms with Gasteiger partial charge in [0.1, 0.15) is 11.5 Å². The number of nitrogens with zero attached hydrogens (tertiary/aromatic N) is 1. The fraction of sp³-hybridized carbons (Fsp3) is 0.0667. The van der Waals surface area contributed by atoms with Gasteiger partial charge in [-0.1, -0.05) is 24.0 Å². The van der Waals surface area contributed by atoms with Crippen LogP contribution in [0.2, 0.25) is 0 Å². The zero-order chi connectivity index (χ0) is 15.7. The summed E-state index contributed by atoms with van der Waals surface area (Å²) in [5.41, 5.74) is 0.723. The van der Waals surface area contributed by atoms with Crippen molar-refractivity contribution in [3.8, 4) is 5.75 Å². The molecule has 7 heteroatoms. The zero-order valence-electron chi connectivity index (χ0n) is 11.4. The molecule has 1 saturated heterocycles. The Morgan fingerprint density at radius 3 is 2.59 bits per heavy atom. The van der Waals surface area contributed by atoms with Crippen LogP contribution in [0.3, 0.4) is 0 Å². The number of methoxy groups -OCH3 is 1. The summed E-state index contributed by atoms with van der Waals surface area (Å²) >= 11 is 8.67. The Morgan fingerprint density at radius 2 is 2.00 bits per heavy atom. The topological polar surface area (TPSA) is 42.7 Å². The maximum absolute atomic E-state index is 12.6. The van der Waals surface area contributed by atoms with Crippen LogP contribution in [-0.2, 0) is 4.79 Å². The summed E-state index contributed by atoms with van der Waals surface area (Å²) in [6.45, 7) is 0. The molecule has 0 bridgehead atoms. The molecule has 0 spiro atoms. The van der Waals surface area contributed by atoms with Crippen LogP contribution in [0.15, 0.2) is 45.7 Å². The molecule has 1 aliphatic heterocycles. The first-order chi connectivity index (χ1) is 10.6. The Kier molecular flexibility index (Phi) is 4.55. The number of thiocarbonyl (C=S) groups is 1. The molecule has 4 nitrogen and oxygen atoms in total. The minimum Gasteiger partial charge on any atom is -0.497 e. The molecule has 2 heterocycles. The first kappa shape index (κ1) is 15.6. The number of hydrogen-bond donors (Lipinski definition) is 0. The van der Waals surface area contributed by atoms with Crippen molar-refractivity contribution in [3.05, 3.63) is 50.8 Å². The SMILES string of the molecule is COc1ccc(N2C(=O)C(=Cc3ccc(I)o3)SC2=S)cc1. The second kappa shape index (κ2) is 6.43. The van der Waals surface area contributed by atoms with Gasteiger partial charge in [-0.2, -0.15) is 0 Å². The lowest BCUT2D eigenvalue weighted by atomic mass is 10.2. The summed E-state index contributed by atoms with van der Waals surface area (Å²) in [6.07, 6.45) is 1.71. The van der Waals surface area contributed by atoms with Gasteiger partial charge in [-0.3, -0.25) is 9.69 Å². The molecule has 112 valence electrons.